The van der Waals surface area contributed by atoms with Crippen LogP contribution < -0.4 is 10.1 Å². The summed E-state index contributed by atoms with van der Waals surface area (Å²) >= 11 is 5.30. The maximum Gasteiger partial charge on any atom is 0.141 e. The Kier molecular flexibility index (Phi) is 6.01. The number of ether oxygens (including phenoxy) is 1. The van der Waals surface area contributed by atoms with Crippen molar-refractivity contribution < 1.29 is 4.74 Å². The number of nitrogens with one attached hydrogen (secondary N) is 1. The van der Waals surface area contributed by atoms with Crippen molar-refractivity contribution in [3.63, 3.8) is 0 Å². The molecule has 2 aromatic heterocycles. The van der Waals surface area contributed by atoms with E-state index in [1.165, 1.54) is 14.2 Å². The molecule has 0 fully saturated rings. The molecular formula is C15H19BrN2OS. The molecule has 0 bridgehead atoms. The van der Waals surface area contributed by atoms with Crippen molar-refractivity contribution in [1.29, 1.82) is 0 Å². The van der Waals surface area contributed by atoms with Gasteiger partial charge in [0.15, 0.2) is 0 Å². The van der Waals surface area contributed by atoms with Crippen molar-refractivity contribution in [1.82, 2.24) is 10.3 Å². The zero-order chi connectivity index (χ0) is 14.4. The molecule has 2 heterocycles. The number of rotatable bonds is 7. The molecular weight excluding hydrogens is 336 g/mol. The first-order valence-corrected chi connectivity index (χ1v) is 8.31. The molecule has 0 aliphatic rings. The van der Waals surface area contributed by atoms with Crippen LogP contribution in [0.15, 0.2) is 34.4 Å². The molecule has 0 saturated heterocycles. The van der Waals surface area contributed by atoms with Gasteiger partial charge < -0.3 is 10.1 Å². The first kappa shape index (κ1) is 15.5. The lowest BCUT2D eigenvalue weighted by atomic mass is 10.0. The Balaban J connectivity index is 2.22. The Bertz CT molecular complexity index is 544. The van der Waals surface area contributed by atoms with Crippen LogP contribution in [0.1, 0.15) is 29.8 Å². The van der Waals surface area contributed by atoms with Gasteiger partial charge in [-0.2, -0.15) is 0 Å². The smallest absolute Gasteiger partial charge is 0.141 e. The molecule has 0 saturated carbocycles. The fraction of sp³-hybridized carbons (Fsp3) is 0.400. The second kappa shape index (κ2) is 7.76. The lowest BCUT2D eigenvalue weighted by Crippen LogP contribution is -2.24. The zero-order valence-electron chi connectivity index (χ0n) is 11.7. The van der Waals surface area contributed by atoms with Gasteiger partial charge in [0.05, 0.1) is 17.1 Å². The Hall–Kier alpha value is -0.910. The number of hydrogen-bond acceptors (Lipinski definition) is 4. The van der Waals surface area contributed by atoms with E-state index in [0.29, 0.717) is 0 Å². The van der Waals surface area contributed by atoms with E-state index in [4.69, 9.17) is 4.74 Å². The molecule has 2 aromatic rings. The summed E-state index contributed by atoms with van der Waals surface area (Å²) in [6, 6.07) is 6.55. The van der Waals surface area contributed by atoms with Gasteiger partial charge in [0.1, 0.15) is 5.75 Å². The maximum absolute atomic E-state index is 5.44. The quantitative estimate of drug-likeness (QED) is 0.808. The minimum atomic E-state index is 0.249. The summed E-state index contributed by atoms with van der Waals surface area (Å²) in [6.45, 7) is 3.16. The summed E-state index contributed by atoms with van der Waals surface area (Å²) in [5.74, 6) is 0.844. The highest BCUT2D eigenvalue weighted by molar-refractivity contribution is 9.11. The highest BCUT2D eigenvalue weighted by Crippen LogP contribution is 2.30. The standard InChI is InChI=1S/C15H19BrN2OS/c1-3-7-18-13(9-11-4-5-15(16)20-11)12-6-8-17-10-14(12)19-2/h4-6,8,10,13,18H,3,7,9H2,1-2H3. The molecule has 0 aliphatic heterocycles. The summed E-state index contributed by atoms with van der Waals surface area (Å²) < 4.78 is 6.61. The molecule has 0 aliphatic carbocycles. The van der Waals surface area contributed by atoms with Crippen LogP contribution >= 0.6 is 27.3 Å². The summed E-state index contributed by atoms with van der Waals surface area (Å²) in [5.41, 5.74) is 1.17. The van der Waals surface area contributed by atoms with E-state index >= 15 is 0 Å². The molecule has 0 radical (unpaired) electrons. The Morgan fingerprint density at radius 2 is 2.25 bits per heavy atom. The Labute approximate surface area is 132 Å². The molecule has 0 aromatic carbocycles. The number of aromatic nitrogens is 1. The third kappa shape index (κ3) is 4.04. The number of hydrogen-bond donors (Lipinski definition) is 1. The van der Waals surface area contributed by atoms with E-state index in [1.54, 1.807) is 24.6 Å². The topological polar surface area (TPSA) is 34.2 Å². The van der Waals surface area contributed by atoms with Gasteiger partial charge in [0.25, 0.3) is 0 Å². The minimum Gasteiger partial charge on any atom is -0.495 e. The van der Waals surface area contributed by atoms with Crippen LogP contribution in [0.5, 0.6) is 5.75 Å². The second-order valence-corrected chi connectivity index (χ2v) is 7.08. The van der Waals surface area contributed by atoms with E-state index < -0.39 is 0 Å². The van der Waals surface area contributed by atoms with Crippen molar-refractivity contribution in [2.75, 3.05) is 13.7 Å². The van der Waals surface area contributed by atoms with Crippen LogP contribution in [0.25, 0.3) is 0 Å². The van der Waals surface area contributed by atoms with Gasteiger partial charge in [-0.1, -0.05) is 6.92 Å². The molecule has 0 spiro atoms. The molecule has 5 heteroatoms. The van der Waals surface area contributed by atoms with Crippen molar-refractivity contribution in [3.05, 3.63) is 44.8 Å². The molecule has 20 heavy (non-hydrogen) atoms. The molecule has 1 N–H and O–H groups in total. The lowest BCUT2D eigenvalue weighted by molar-refractivity contribution is 0.396. The highest BCUT2D eigenvalue weighted by atomic mass is 79.9. The van der Waals surface area contributed by atoms with E-state index in [1.807, 2.05) is 12.3 Å². The molecule has 2 rings (SSSR count). The van der Waals surface area contributed by atoms with Gasteiger partial charge in [-0.25, -0.2) is 0 Å². The average Bonchev–Trinajstić information content (AvgIpc) is 2.88. The summed E-state index contributed by atoms with van der Waals surface area (Å²) in [7, 11) is 1.69. The zero-order valence-corrected chi connectivity index (χ0v) is 14.1. The predicted octanol–water partition coefficient (Wildman–Crippen LogP) is 4.20. The lowest BCUT2D eigenvalue weighted by Gasteiger charge is -2.20. The van der Waals surface area contributed by atoms with Gasteiger partial charge >= 0.3 is 0 Å². The Morgan fingerprint density at radius 1 is 1.40 bits per heavy atom. The fourth-order valence-electron chi connectivity index (χ4n) is 2.12. The van der Waals surface area contributed by atoms with Gasteiger partial charge in [-0.3, -0.25) is 4.98 Å². The maximum atomic E-state index is 5.44. The van der Waals surface area contributed by atoms with Crippen LogP contribution in [0.3, 0.4) is 0 Å². The summed E-state index contributed by atoms with van der Waals surface area (Å²) in [5, 5.41) is 3.60. The van der Waals surface area contributed by atoms with Gasteiger partial charge in [0, 0.05) is 29.1 Å². The number of nitrogens with zero attached hydrogens (tertiary/aromatic N) is 1. The highest BCUT2D eigenvalue weighted by Gasteiger charge is 2.17. The van der Waals surface area contributed by atoms with Crippen LogP contribution in [0.2, 0.25) is 0 Å². The first-order chi connectivity index (χ1) is 9.74. The van der Waals surface area contributed by atoms with Crippen LogP contribution in [-0.2, 0) is 6.42 Å². The average molecular weight is 355 g/mol. The van der Waals surface area contributed by atoms with E-state index in [0.717, 1.165) is 25.1 Å². The largest absolute Gasteiger partial charge is 0.495 e. The minimum absolute atomic E-state index is 0.249. The number of methoxy groups -OCH3 is 1. The second-order valence-electron chi connectivity index (χ2n) is 4.53. The van der Waals surface area contributed by atoms with Gasteiger partial charge in [-0.05, 0) is 47.1 Å². The van der Waals surface area contributed by atoms with Crippen molar-refractivity contribution >= 4 is 27.3 Å². The SMILES string of the molecule is CCCNC(Cc1ccc(Br)s1)c1ccncc1OC. The predicted molar refractivity (Wildman–Crippen MR) is 87.5 cm³/mol. The number of pyridine rings is 1. The first-order valence-electron chi connectivity index (χ1n) is 6.70. The van der Waals surface area contributed by atoms with Gasteiger partial charge in [-0.15, -0.1) is 11.3 Å². The summed E-state index contributed by atoms with van der Waals surface area (Å²) in [6.07, 6.45) is 5.66. The molecule has 0 amide bonds. The van der Waals surface area contributed by atoms with Crippen LogP contribution in [0.4, 0.5) is 0 Å². The van der Waals surface area contributed by atoms with Crippen LogP contribution in [-0.4, -0.2) is 18.6 Å². The van der Waals surface area contributed by atoms with E-state index in [2.05, 4.69) is 45.3 Å². The Morgan fingerprint density at radius 3 is 2.90 bits per heavy atom. The third-order valence-corrected chi connectivity index (χ3v) is 4.73. The summed E-state index contributed by atoms with van der Waals surface area (Å²) in [4.78, 5) is 5.48. The molecule has 1 unspecified atom stereocenters. The fourth-order valence-corrected chi connectivity index (χ4v) is 3.65. The van der Waals surface area contributed by atoms with Crippen molar-refractivity contribution in [2.24, 2.45) is 0 Å². The molecule has 1 atom stereocenters. The van der Waals surface area contributed by atoms with E-state index in [9.17, 15) is 0 Å². The molecule has 3 nitrogen and oxygen atoms in total. The molecule has 108 valence electrons. The van der Waals surface area contributed by atoms with Crippen molar-refractivity contribution in [2.45, 2.75) is 25.8 Å². The number of halogens is 1. The normalized spacial score (nSPS) is 12.3. The van der Waals surface area contributed by atoms with Crippen LogP contribution in [0, 0.1) is 0 Å². The van der Waals surface area contributed by atoms with E-state index in [-0.39, 0.29) is 6.04 Å². The van der Waals surface area contributed by atoms with Crippen molar-refractivity contribution in [3.8, 4) is 5.75 Å². The monoisotopic (exact) mass is 354 g/mol. The number of thiophene rings is 1. The van der Waals surface area contributed by atoms with Gasteiger partial charge in [0.2, 0.25) is 0 Å². The third-order valence-electron chi connectivity index (χ3n) is 3.09.